The number of nitrogens with zero attached hydrogens (tertiary/aromatic N) is 3. The molecule has 21 heavy (non-hydrogen) atoms. The first-order valence-electron chi connectivity index (χ1n) is 5.45. The summed E-state index contributed by atoms with van der Waals surface area (Å²) in [7, 11) is 0. The number of halogens is 3. The minimum Gasteiger partial charge on any atom is -0.433 e. The van der Waals surface area contributed by atoms with Crippen LogP contribution in [0.2, 0.25) is 5.28 Å². The molecule has 0 aliphatic rings. The van der Waals surface area contributed by atoms with Gasteiger partial charge in [-0.25, -0.2) is 4.98 Å². The number of benzene rings is 1. The van der Waals surface area contributed by atoms with E-state index in [4.69, 9.17) is 11.6 Å². The zero-order valence-electron chi connectivity index (χ0n) is 10.2. The summed E-state index contributed by atoms with van der Waals surface area (Å²) >= 11 is 5.58. The van der Waals surface area contributed by atoms with E-state index in [1.807, 2.05) is 0 Å². The number of hydrogen-bond acceptors (Lipinski definition) is 6. The van der Waals surface area contributed by atoms with Crippen molar-refractivity contribution in [3.05, 3.63) is 45.9 Å². The summed E-state index contributed by atoms with van der Waals surface area (Å²) in [4.78, 5) is 17.3. The quantitative estimate of drug-likeness (QED) is 0.516. The lowest BCUT2D eigenvalue weighted by Crippen LogP contribution is -2.06. The van der Waals surface area contributed by atoms with Gasteiger partial charge in [0.25, 0.3) is 0 Å². The molecular weight excluding hydrogens is 310 g/mol. The monoisotopic (exact) mass is 316 g/mol. The van der Waals surface area contributed by atoms with Crippen molar-refractivity contribution in [3.63, 3.8) is 0 Å². The molecule has 1 N–H and O–H groups in total. The van der Waals surface area contributed by atoms with Crippen LogP contribution in [0, 0.1) is 10.1 Å². The van der Waals surface area contributed by atoms with Gasteiger partial charge in [-0.1, -0.05) is 12.1 Å². The van der Waals surface area contributed by atoms with E-state index < -0.39 is 17.2 Å². The SMILES string of the molecule is O=[N+]([O-])c1cnc(Cl)nc1Nc1ccccc1OC(F)F. The molecule has 0 radical (unpaired) electrons. The van der Waals surface area contributed by atoms with Gasteiger partial charge in [0.05, 0.1) is 10.6 Å². The number of nitro groups is 1. The number of anilines is 2. The van der Waals surface area contributed by atoms with Crippen molar-refractivity contribution in [1.29, 1.82) is 0 Å². The Morgan fingerprint density at radius 2 is 2.10 bits per heavy atom. The van der Waals surface area contributed by atoms with E-state index in [-0.39, 0.29) is 22.5 Å². The molecular formula is C11H7ClF2N4O3. The topological polar surface area (TPSA) is 90.2 Å². The van der Waals surface area contributed by atoms with Gasteiger partial charge in [-0.2, -0.15) is 13.8 Å². The molecule has 0 saturated heterocycles. The second-order valence-corrected chi connectivity index (χ2v) is 3.97. The molecule has 1 aromatic heterocycles. The summed E-state index contributed by atoms with van der Waals surface area (Å²) in [5.41, 5.74) is -0.373. The van der Waals surface area contributed by atoms with Crippen molar-refractivity contribution in [2.75, 3.05) is 5.32 Å². The molecule has 0 aliphatic carbocycles. The van der Waals surface area contributed by atoms with Gasteiger partial charge in [0.1, 0.15) is 11.9 Å². The molecule has 1 heterocycles. The summed E-state index contributed by atoms with van der Waals surface area (Å²) in [5, 5.41) is 13.2. The Bertz CT molecular complexity index is 672. The Hall–Kier alpha value is -2.55. The van der Waals surface area contributed by atoms with Crippen molar-refractivity contribution in [2.24, 2.45) is 0 Å². The Kier molecular flexibility index (Phi) is 4.43. The van der Waals surface area contributed by atoms with Gasteiger partial charge in [-0.3, -0.25) is 10.1 Å². The van der Waals surface area contributed by atoms with E-state index in [0.717, 1.165) is 6.20 Å². The fourth-order valence-corrected chi connectivity index (χ4v) is 1.61. The van der Waals surface area contributed by atoms with E-state index in [1.165, 1.54) is 24.3 Å². The van der Waals surface area contributed by atoms with E-state index in [2.05, 4.69) is 20.0 Å². The number of nitrogens with one attached hydrogen (secondary N) is 1. The van der Waals surface area contributed by atoms with Crippen molar-refractivity contribution >= 4 is 28.8 Å². The molecule has 0 atom stereocenters. The first-order chi connectivity index (χ1) is 9.97. The van der Waals surface area contributed by atoms with E-state index in [1.54, 1.807) is 0 Å². The number of alkyl halides is 2. The Morgan fingerprint density at radius 3 is 2.76 bits per heavy atom. The third-order valence-corrected chi connectivity index (χ3v) is 2.48. The second kappa shape index (κ2) is 6.27. The number of para-hydroxylation sites is 2. The molecule has 7 nitrogen and oxygen atoms in total. The maximum absolute atomic E-state index is 12.3. The van der Waals surface area contributed by atoms with E-state index in [0.29, 0.717) is 0 Å². The van der Waals surface area contributed by atoms with Crippen LogP contribution in [0.4, 0.5) is 26.0 Å². The summed E-state index contributed by atoms with van der Waals surface area (Å²) in [6.45, 7) is -3.03. The molecule has 2 rings (SSSR count). The van der Waals surface area contributed by atoms with Crippen LogP contribution in [0.5, 0.6) is 5.75 Å². The molecule has 10 heteroatoms. The number of rotatable bonds is 5. The lowest BCUT2D eigenvalue weighted by Gasteiger charge is -2.11. The van der Waals surface area contributed by atoms with Crippen LogP contribution < -0.4 is 10.1 Å². The zero-order valence-corrected chi connectivity index (χ0v) is 10.9. The molecule has 0 spiro atoms. The van der Waals surface area contributed by atoms with Crippen LogP contribution in [0.25, 0.3) is 0 Å². The highest BCUT2D eigenvalue weighted by Crippen LogP contribution is 2.31. The van der Waals surface area contributed by atoms with Crippen molar-refractivity contribution in [3.8, 4) is 5.75 Å². The number of aromatic nitrogens is 2. The van der Waals surface area contributed by atoms with Crippen molar-refractivity contribution in [2.45, 2.75) is 6.61 Å². The minimum absolute atomic E-state index is 0.0793. The summed E-state index contributed by atoms with van der Waals surface area (Å²) in [6.07, 6.45) is 0.911. The molecule has 1 aromatic carbocycles. The third kappa shape index (κ3) is 3.72. The van der Waals surface area contributed by atoms with Gasteiger partial charge in [0.15, 0.2) is 0 Å². The molecule has 110 valence electrons. The highest BCUT2D eigenvalue weighted by atomic mass is 35.5. The molecule has 0 bridgehead atoms. The van der Waals surface area contributed by atoms with E-state index >= 15 is 0 Å². The Morgan fingerprint density at radius 1 is 1.38 bits per heavy atom. The first-order valence-corrected chi connectivity index (χ1v) is 5.83. The number of hydrogen-bond donors (Lipinski definition) is 1. The summed E-state index contributed by atoms with van der Waals surface area (Å²) in [5.74, 6) is -0.415. The molecule has 0 amide bonds. The zero-order chi connectivity index (χ0) is 15.4. The minimum atomic E-state index is -3.03. The average Bonchev–Trinajstić information content (AvgIpc) is 2.40. The van der Waals surface area contributed by atoms with Gasteiger partial charge in [0.2, 0.25) is 11.1 Å². The lowest BCUT2D eigenvalue weighted by atomic mass is 10.3. The third-order valence-electron chi connectivity index (χ3n) is 2.29. The summed E-state index contributed by atoms with van der Waals surface area (Å²) < 4.78 is 28.9. The number of ether oxygens (including phenoxy) is 1. The largest absolute Gasteiger partial charge is 0.433 e. The lowest BCUT2D eigenvalue weighted by molar-refractivity contribution is -0.384. The molecule has 0 saturated carbocycles. The second-order valence-electron chi connectivity index (χ2n) is 3.63. The average molecular weight is 317 g/mol. The smallest absolute Gasteiger partial charge is 0.387 e. The van der Waals surface area contributed by atoms with Crippen LogP contribution >= 0.6 is 11.6 Å². The molecule has 0 unspecified atom stereocenters. The Labute approximate surface area is 121 Å². The van der Waals surface area contributed by atoms with Crippen LogP contribution in [-0.2, 0) is 0 Å². The molecule has 0 aliphatic heterocycles. The van der Waals surface area contributed by atoms with Crippen molar-refractivity contribution < 1.29 is 18.4 Å². The fraction of sp³-hybridized carbons (Fsp3) is 0.0909. The van der Waals surface area contributed by atoms with Gasteiger partial charge in [0, 0.05) is 0 Å². The highest BCUT2D eigenvalue weighted by Gasteiger charge is 2.19. The van der Waals surface area contributed by atoms with Gasteiger partial charge >= 0.3 is 12.3 Å². The van der Waals surface area contributed by atoms with Gasteiger partial charge < -0.3 is 10.1 Å². The fourth-order valence-electron chi connectivity index (χ4n) is 1.48. The van der Waals surface area contributed by atoms with Crippen LogP contribution in [0.1, 0.15) is 0 Å². The van der Waals surface area contributed by atoms with Gasteiger partial charge in [-0.05, 0) is 23.7 Å². The van der Waals surface area contributed by atoms with Crippen LogP contribution in [-0.4, -0.2) is 21.5 Å². The normalized spacial score (nSPS) is 10.5. The molecule has 0 fully saturated rings. The predicted molar refractivity (Wildman–Crippen MR) is 70.1 cm³/mol. The van der Waals surface area contributed by atoms with Crippen molar-refractivity contribution in [1.82, 2.24) is 9.97 Å². The summed E-state index contributed by atoms with van der Waals surface area (Å²) in [6, 6.07) is 5.69. The van der Waals surface area contributed by atoms with E-state index in [9.17, 15) is 18.9 Å². The molecule has 2 aromatic rings. The first kappa shape index (κ1) is 14.9. The maximum atomic E-state index is 12.3. The highest BCUT2D eigenvalue weighted by molar-refractivity contribution is 6.28. The van der Waals surface area contributed by atoms with Gasteiger partial charge in [-0.15, -0.1) is 0 Å². The van der Waals surface area contributed by atoms with Crippen LogP contribution in [0.15, 0.2) is 30.5 Å². The predicted octanol–water partition coefficient (Wildman–Crippen LogP) is 3.38. The maximum Gasteiger partial charge on any atom is 0.387 e. The Balaban J connectivity index is 2.38. The van der Waals surface area contributed by atoms with Crippen LogP contribution in [0.3, 0.4) is 0 Å². The standard InChI is InChI=1S/C11H7ClF2N4O3/c12-10-15-5-7(18(19)20)9(17-10)16-6-3-1-2-4-8(6)21-11(13)14/h1-5,11H,(H,15,16,17).